The van der Waals surface area contributed by atoms with Crippen molar-refractivity contribution in [2.24, 2.45) is 11.8 Å². The zero-order chi connectivity index (χ0) is 22.5. The van der Waals surface area contributed by atoms with Gasteiger partial charge in [-0.1, -0.05) is 29.8 Å². The average Bonchev–Trinajstić information content (AvgIpc) is 2.84. The number of hydrogen-bond donors (Lipinski definition) is 1. The second-order valence-corrected chi connectivity index (χ2v) is 8.99. The molecule has 2 aliphatic heterocycles. The van der Waals surface area contributed by atoms with Crippen molar-refractivity contribution in [3.63, 3.8) is 0 Å². The fourth-order valence-corrected chi connectivity index (χ4v) is 4.65. The third-order valence-corrected chi connectivity index (χ3v) is 6.62. The van der Waals surface area contributed by atoms with Gasteiger partial charge in [0.15, 0.2) is 0 Å². The molecule has 2 heterocycles. The van der Waals surface area contributed by atoms with Crippen molar-refractivity contribution < 1.29 is 14.4 Å². The van der Waals surface area contributed by atoms with Crippen LogP contribution in [0.15, 0.2) is 54.6 Å². The number of anilines is 1. The zero-order valence-corrected chi connectivity index (χ0v) is 18.8. The van der Waals surface area contributed by atoms with Crippen LogP contribution < -0.4 is 5.32 Å². The van der Waals surface area contributed by atoms with Crippen molar-refractivity contribution in [3.8, 4) is 0 Å². The molecule has 6 nitrogen and oxygen atoms in total. The van der Waals surface area contributed by atoms with Gasteiger partial charge in [0.2, 0.25) is 11.8 Å². The molecule has 2 aromatic carbocycles. The number of hydrogen-bond acceptors (Lipinski definition) is 3. The second-order valence-electron chi connectivity index (χ2n) is 8.55. The Kier molecular flexibility index (Phi) is 7.10. The summed E-state index contributed by atoms with van der Waals surface area (Å²) in [7, 11) is 0. The summed E-state index contributed by atoms with van der Waals surface area (Å²) < 4.78 is 0. The number of benzene rings is 2. The topological polar surface area (TPSA) is 69.7 Å². The number of likely N-dealkylation sites (tertiary alicyclic amines) is 2. The predicted octanol–water partition coefficient (Wildman–Crippen LogP) is 4.07. The molecule has 2 aliphatic rings. The third-order valence-electron chi connectivity index (χ3n) is 6.37. The summed E-state index contributed by atoms with van der Waals surface area (Å²) in [5, 5.41) is 3.56. The number of para-hydroxylation sites is 1. The van der Waals surface area contributed by atoms with Crippen molar-refractivity contribution in [1.29, 1.82) is 0 Å². The Balaban J connectivity index is 1.29. The van der Waals surface area contributed by atoms with Crippen LogP contribution in [0.4, 0.5) is 5.69 Å². The summed E-state index contributed by atoms with van der Waals surface area (Å²) in [6, 6.07) is 16.3. The summed E-state index contributed by atoms with van der Waals surface area (Å²) in [6.07, 6.45) is 2.91. The highest BCUT2D eigenvalue weighted by Gasteiger charge is 2.34. The van der Waals surface area contributed by atoms with E-state index in [1.807, 2.05) is 35.2 Å². The first-order valence-corrected chi connectivity index (χ1v) is 11.6. The Hall–Kier alpha value is -2.86. The quantitative estimate of drug-likeness (QED) is 0.758. The molecular weight excluding hydrogens is 426 g/mol. The maximum absolute atomic E-state index is 13.1. The first-order chi connectivity index (χ1) is 15.5. The van der Waals surface area contributed by atoms with Gasteiger partial charge in [0.05, 0.1) is 5.92 Å². The van der Waals surface area contributed by atoms with Crippen LogP contribution in [0.2, 0.25) is 5.02 Å². The van der Waals surface area contributed by atoms with E-state index < -0.39 is 0 Å². The molecule has 168 valence electrons. The van der Waals surface area contributed by atoms with Gasteiger partial charge in [-0.15, -0.1) is 0 Å². The van der Waals surface area contributed by atoms with E-state index in [1.54, 1.807) is 29.2 Å². The standard InChI is InChI=1S/C25H28ClN3O3/c26-21-10-8-18(9-11-21)24(31)28-15-12-19(13-16-28)25(32)29-14-4-5-20(17-29)23(30)27-22-6-2-1-3-7-22/h1-3,6-11,19-20H,4-5,12-17H2,(H,27,30). The van der Waals surface area contributed by atoms with Crippen molar-refractivity contribution in [2.45, 2.75) is 25.7 Å². The first-order valence-electron chi connectivity index (χ1n) is 11.2. The number of piperidine rings is 2. The van der Waals surface area contributed by atoms with Crippen molar-refractivity contribution in [3.05, 3.63) is 65.2 Å². The van der Waals surface area contributed by atoms with Gasteiger partial charge in [-0.2, -0.15) is 0 Å². The lowest BCUT2D eigenvalue weighted by Gasteiger charge is -2.37. The molecular formula is C25H28ClN3O3. The molecule has 1 N–H and O–H groups in total. The van der Waals surface area contributed by atoms with E-state index in [9.17, 15) is 14.4 Å². The van der Waals surface area contributed by atoms with E-state index in [4.69, 9.17) is 11.6 Å². The van der Waals surface area contributed by atoms with Gasteiger partial charge in [-0.3, -0.25) is 14.4 Å². The van der Waals surface area contributed by atoms with E-state index in [2.05, 4.69) is 5.32 Å². The number of halogens is 1. The number of amides is 3. The second kappa shape index (κ2) is 10.2. The lowest BCUT2D eigenvalue weighted by Crippen LogP contribution is -2.48. The molecule has 0 aliphatic carbocycles. The summed E-state index contributed by atoms with van der Waals surface area (Å²) in [5.74, 6) is -0.235. The van der Waals surface area contributed by atoms with Gasteiger partial charge < -0.3 is 15.1 Å². The van der Waals surface area contributed by atoms with Crippen LogP contribution in [0.3, 0.4) is 0 Å². The summed E-state index contributed by atoms with van der Waals surface area (Å²) >= 11 is 5.91. The maximum Gasteiger partial charge on any atom is 0.253 e. The van der Waals surface area contributed by atoms with Crippen LogP contribution in [-0.2, 0) is 9.59 Å². The molecule has 0 radical (unpaired) electrons. The molecule has 2 saturated heterocycles. The van der Waals surface area contributed by atoms with Gasteiger partial charge in [0.25, 0.3) is 5.91 Å². The molecule has 4 rings (SSSR count). The summed E-state index contributed by atoms with van der Waals surface area (Å²) in [4.78, 5) is 42.2. The van der Waals surface area contributed by atoms with Crippen molar-refractivity contribution in [2.75, 3.05) is 31.5 Å². The van der Waals surface area contributed by atoms with Crippen molar-refractivity contribution >= 4 is 35.0 Å². The normalized spacial score (nSPS) is 19.5. The summed E-state index contributed by atoms with van der Waals surface area (Å²) in [5.41, 5.74) is 1.39. The summed E-state index contributed by atoms with van der Waals surface area (Å²) in [6.45, 7) is 2.27. The van der Waals surface area contributed by atoms with Gasteiger partial charge in [0, 0.05) is 48.4 Å². The number of nitrogens with one attached hydrogen (secondary N) is 1. The average molecular weight is 454 g/mol. The Morgan fingerprint density at radius 1 is 0.812 bits per heavy atom. The van der Waals surface area contributed by atoms with Crippen LogP contribution in [-0.4, -0.2) is 53.7 Å². The monoisotopic (exact) mass is 453 g/mol. The molecule has 0 aromatic heterocycles. The Morgan fingerprint density at radius 3 is 2.19 bits per heavy atom. The van der Waals surface area contributed by atoms with Gasteiger partial charge in [-0.25, -0.2) is 0 Å². The SMILES string of the molecule is O=C(Nc1ccccc1)C1CCCN(C(=O)C2CCN(C(=O)c3ccc(Cl)cc3)CC2)C1. The van der Waals surface area contributed by atoms with Gasteiger partial charge in [0.1, 0.15) is 0 Å². The first kappa shape index (κ1) is 22.3. The highest BCUT2D eigenvalue weighted by Crippen LogP contribution is 2.25. The minimum atomic E-state index is -0.195. The third kappa shape index (κ3) is 5.30. The Morgan fingerprint density at radius 2 is 1.50 bits per heavy atom. The van der Waals surface area contributed by atoms with Crippen LogP contribution in [0.1, 0.15) is 36.0 Å². The lowest BCUT2D eigenvalue weighted by molar-refractivity contribution is -0.139. The number of carbonyl (C=O) groups is 3. The van der Waals surface area contributed by atoms with E-state index >= 15 is 0 Å². The lowest BCUT2D eigenvalue weighted by atomic mass is 9.91. The number of nitrogens with zero attached hydrogens (tertiary/aromatic N) is 2. The minimum Gasteiger partial charge on any atom is -0.342 e. The smallest absolute Gasteiger partial charge is 0.253 e. The van der Waals surface area contributed by atoms with E-state index in [1.165, 1.54) is 0 Å². The van der Waals surface area contributed by atoms with E-state index in [-0.39, 0.29) is 29.6 Å². The Bertz CT molecular complexity index is 956. The molecule has 32 heavy (non-hydrogen) atoms. The van der Waals surface area contributed by atoms with Gasteiger partial charge >= 0.3 is 0 Å². The van der Waals surface area contributed by atoms with Crippen LogP contribution in [0.5, 0.6) is 0 Å². The molecule has 0 spiro atoms. The van der Waals surface area contributed by atoms with Crippen molar-refractivity contribution in [1.82, 2.24) is 9.80 Å². The predicted molar refractivity (Wildman–Crippen MR) is 124 cm³/mol. The number of rotatable bonds is 4. The highest BCUT2D eigenvalue weighted by atomic mass is 35.5. The van der Waals surface area contributed by atoms with Crippen LogP contribution in [0, 0.1) is 11.8 Å². The molecule has 3 amide bonds. The molecule has 0 bridgehead atoms. The van der Waals surface area contributed by atoms with Crippen LogP contribution >= 0.6 is 11.6 Å². The van der Waals surface area contributed by atoms with Crippen LogP contribution in [0.25, 0.3) is 0 Å². The largest absolute Gasteiger partial charge is 0.342 e. The molecule has 2 aromatic rings. The molecule has 7 heteroatoms. The zero-order valence-electron chi connectivity index (χ0n) is 18.0. The molecule has 1 unspecified atom stereocenters. The highest BCUT2D eigenvalue weighted by molar-refractivity contribution is 6.30. The number of carbonyl (C=O) groups excluding carboxylic acids is 3. The van der Waals surface area contributed by atoms with Gasteiger partial charge in [-0.05, 0) is 62.1 Å². The Labute approximate surface area is 193 Å². The molecule has 0 saturated carbocycles. The molecule has 2 fully saturated rings. The maximum atomic E-state index is 13.1. The molecule has 1 atom stereocenters. The fraction of sp³-hybridized carbons (Fsp3) is 0.400. The van der Waals surface area contributed by atoms with E-state index in [0.717, 1.165) is 18.5 Å². The fourth-order valence-electron chi connectivity index (χ4n) is 4.52. The minimum absolute atomic E-state index is 0.0248. The van der Waals surface area contributed by atoms with E-state index in [0.29, 0.717) is 49.6 Å².